The molecule has 3 heteroatoms. The third-order valence-electron chi connectivity index (χ3n) is 9.77. The maximum Gasteiger partial charge on any atom is 0.145 e. The fourth-order valence-corrected chi connectivity index (χ4v) is 7.37. The van der Waals surface area contributed by atoms with E-state index in [9.17, 15) is 8.22 Å². The van der Waals surface area contributed by atoms with Crippen molar-refractivity contribution in [2.24, 2.45) is 0 Å². The van der Waals surface area contributed by atoms with Crippen LogP contribution in [-0.2, 0) is 0 Å². The SMILES string of the molecule is [2H]c1c([2H])c([2H])c(N(c2c([2H])c([2H])c(-c3c([2H])c([2H])c([2H])c4c([2H])c([2H])c([2H])c([2H])c34)c([2H])c2[2H])c2ccc(-c3ccccc3-c3cccc4c3oc3ccccc34)c3oc4ccccc4c23)c([2H])c1[2H]. The maximum atomic E-state index is 9.72. The van der Waals surface area contributed by atoms with Gasteiger partial charge < -0.3 is 13.7 Å². The number of anilines is 3. The lowest BCUT2D eigenvalue weighted by Gasteiger charge is -2.27. The quantitative estimate of drug-likeness (QED) is 0.171. The Hall–Kier alpha value is -7.36. The van der Waals surface area contributed by atoms with Crippen molar-refractivity contribution >= 4 is 71.7 Å². The molecule has 2 heterocycles. The lowest BCUT2D eigenvalue weighted by atomic mass is 9.92. The van der Waals surface area contributed by atoms with Crippen molar-refractivity contribution in [3.63, 3.8) is 0 Å². The van der Waals surface area contributed by atoms with Crippen LogP contribution in [0, 0.1) is 0 Å². The summed E-state index contributed by atoms with van der Waals surface area (Å²) in [6.45, 7) is 0. The number of furan rings is 2. The minimum Gasteiger partial charge on any atom is -0.455 e. The Morgan fingerprint density at radius 2 is 0.982 bits per heavy atom. The molecule has 0 bridgehead atoms. The summed E-state index contributed by atoms with van der Waals surface area (Å²) >= 11 is 0. The van der Waals surface area contributed by atoms with Crippen molar-refractivity contribution in [2.45, 2.75) is 0 Å². The lowest BCUT2D eigenvalue weighted by molar-refractivity contribution is 0.669. The highest BCUT2D eigenvalue weighted by Gasteiger charge is 2.24. The molecule has 0 radical (unpaired) electrons. The molecule has 0 aliphatic rings. The number of benzene rings is 9. The topological polar surface area (TPSA) is 29.5 Å². The van der Waals surface area contributed by atoms with E-state index >= 15 is 0 Å². The summed E-state index contributed by atoms with van der Waals surface area (Å²) in [6.07, 6.45) is 0. The Morgan fingerprint density at radius 1 is 0.382 bits per heavy atom. The number of para-hydroxylation sites is 4. The lowest BCUT2D eigenvalue weighted by Crippen LogP contribution is -2.10. The summed E-state index contributed by atoms with van der Waals surface area (Å²) in [5.74, 6) is 0. The summed E-state index contributed by atoms with van der Waals surface area (Å²) in [5, 5.41) is 1.72. The van der Waals surface area contributed by atoms with Gasteiger partial charge in [-0.1, -0.05) is 151 Å². The molecule has 0 atom stereocenters. The van der Waals surface area contributed by atoms with Crippen LogP contribution in [0.3, 0.4) is 0 Å². The normalized spacial score (nSPS) is 15.7. The maximum absolute atomic E-state index is 9.72. The van der Waals surface area contributed by atoms with Crippen LogP contribution in [0.5, 0.6) is 0 Å². The smallest absolute Gasteiger partial charge is 0.145 e. The van der Waals surface area contributed by atoms with Crippen molar-refractivity contribution in [1.82, 2.24) is 0 Å². The van der Waals surface area contributed by atoms with Crippen LogP contribution < -0.4 is 4.90 Å². The van der Waals surface area contributed by atoms with E-state index in [2.05, 4.69) is 0 Å². The summed E-state index contributed by atoms with van der Waals surface area (Å²) in [7, 11) is 0. The molecule has 0 saturated heterocycles. The predicted molar refractivity (Wildman–Crippen MR) is 229 cm³/mol. The number of nitrogens with zero attached hydrogens (tertiary/aromatic N) is 1. The van der Waals surface area contributed by atoms with Crippen molar-refractivity contribution < 1.29 is 30.8 Å². The molecule has 3 nitrogen and oxygen atoms in total. The van der Waals surface area contributed by atoms with Gasteiger partial charge in [-0.3, -0.25) is 0 Å². The van der Waals surface area contributed by atoms with Gasteiger partial charge in [0.25, 0.3) is 0 Å². The van der Waals surface area contributed by atoms with Crippen LogP contribution >= 0.6 is 0 Å². The molecule has 0 N–H and O–H groups in total. The molecule has 258 valence electrons. The first-order chi connectivity index (χ1) is 34.0. The zero-order chi connectivity index (χ0) is 50.2. The van der Waals surface area contributed by atoms with Crippen molar-refractivity contribution in [2.75, 3.05) is 4.90 Å². The average molecular weight is 720 g/mol. The molecule has 0 unspecified atom stereocenters. The van der Waals surface area contributed by atoms with Gasteiger partial charge in [-0.2, -0.15) is 0 Å². The monoisotopic (exact) mass is 719 g/mol. The van der Waals surface area contributed by atoms with Gasteiger partial charge in [0.2, 0.25) is 0 Å². The highest BCUT2D eigenvalue weighted by Crippen LogP contribution is 2.48. The van der Waals surface area contributed by atoms with Crippen LogP contribution in [0.2, 0.25) is 0 Å². The fourth-order valence-electron chi connectivity index (χ4n) is 7.37. The molecule has 0 aliphatic carbocycles. The zero-order valence-corrected chi connectivity index (χ0v) is 28.6. The Bertz CT molecular complexity index is 4100. The summed E-state index contributed by atoms with van der Waals surface area (Å²) < 4.78 is 157. The van der Waals surface area contributed by atoms with E-state index in [1.54, 1.807) is 36.4 Å². The molecule has 0 fully saturated rings. The van der Waals surface area contributed by atoms with E-state index in [4.69, 9.17) is 22.5 Å². The highest BCUT2D eigenvalue weighted by molar-refractivity contribution is 6.18. The van der Waals surface area contributed by atoms with Gasteiger partial charge in [0.15, 0.2) is 0 Å². The molecule has 0 spiro atoms. The van der Waals surface area contributed by atoms with E-state index in [1.165, 1.54) is 0 Å². The molecule has 9 aromatic carbocycles. The van der Waals surface area contributed by atoms with Crippen LogP contribution in [-0.4, -0.2) is 0 Å². The van der Waals surface area contributed by atoms with E-state index < -0.39 is 130 Å². The molecule has 0 amide bonds. The van der Waals surface area contributed by atoms with Crippen molar-refractivity contribution in [3.8, 4) is 33.4 Å². The summed E-state index contributed by atoms with van der Waals surface area (Å²) in [6, 6.07) is 19.2. The Labute approximate surface area is 340 Å². The minimum atomic E-state index is -0.851. The van der Waals surface area contributed by atoms with Gasteiger partial charge >= 0.3 is 0 Å². The van der Waals surface area contributed by atoms with Crippen LogP contribution in [0.4, 0.5) is 17.1 Å². The number of rotatable bonds is 6. The molecular weight excluding hydrogens is 671 g/mol. The van der Waals surface area contributed by atoms with E-state index in [0.717, 1.165) is 26.8 Å². The van der Waals surface area contributed by atoms with Crippen LogP contribution in [0.1, 0.15) is 21.9 Å². The van der Waals surface area contributed by atoms with E-state index in [0.29, 0.717) is 38.6 Å². The molecule has 0 aliphatic heterocycles. The summed E-state index contributed by atoms with van der Waals surface area (Å²) in [4.78, 5) is 1.08. The van der Waals surface area contributed by atoms with Crippen molar-refractivity contribution in [1.29, 1.82) is 0 Å². The Balaban J connectivity index is 1.24. The third-order valence-corrected chi connectivity index (χ3v) is 9.77. The second kappa shape index (κ2) is 12.6. The Morgan fingerprint density at radius 3 is 1.80 bits per heavy atom. The minimum absolute atomic E-state index is 0.0328. The standard InChI is InChI=1S/C52H33NO2/c1-2-16-36(17-3-1)53(37-30-28-35(29-31-37)39-23-12-15-34-14-4-5-18-38(34)39)47-33-32-45(52-50(47)46-22-9-11-27-49(46)55-52)41-20-7-6-19-40(41)43-24-13-25-44-42-21-8-10-26-48(42)54-51(43)44/h1-33H/i1D,2D,3D,4D,5D,12D,14D,15D,16D,17D,18D,23D,28D,29D,30D,31D. The second-order valence-electron chi connectivity index (χ2n) is 12.8. The van der Waals surface area contributed by atoms with E-state index in [1.807, 2.05) is 66.7 Å². The fraction of sp³-hybridized carbons (Fsp3) is 0. The second-order valence-corrected chi connectivity index (χ2v) is 12.8. The van der Waals surface area contributed by atoms with Crippen LogP contribution in [0.15, 0.2) is 209 Å². The first-order valence-corrected chi connectivity index (χ1v) is 17.4. The summed E-state index contributed by atoms with van der Waals surface area (Å²) in [5.41, 5.74) is 2.55. The third kappa shape index (κ3) is 5.05. The molecule has 11 aromatic rings. The molecule has 0 saturated carbocycles. The van der Waals surface area contributed by atoms with Crippen molar-refractivity contribution in [3.05, 3.63) is 200 Å². The first-order valence-electron chi connectivity index (χ1n) is 25.4. The van der Waals surface area contributed by atoms with Gasteiger partial charge in [-0.05, 0) is 81.5 Å². The zero-order valence-electron chi connectivity index (χ0n) is 44.6. The molecule has 11 rings (SSSR count). The molecule has 2 aromatic heterocycles. The van der Waals surface area contributed by atoms with Gasteiger partial charge in [-0.15, -0.1) is 0 Å². The number of hydrogen-bond acceptors (Lipinski definition) is 3. The number of hydrogen-bond donors (Lipinski definition) is 0. The van der Waals surface area contributed by atoms with Gasteiger partial charge in [0.05, 0.1) is 33.0 Å². The van der Waals surface area contributed by atoms with E-state index in [-0.39, 0.29) is 11.3 Å². The Kier molecular flexibility index (Phi) is 4.39. The molecular formula is C52H33NO2. The van der Waals surface area contributed by atoms with Crippen LogP contribution in [0.25, 0.3) is 88.0 Å². The molecule has 55 heavy (non-hydrogen) atoms. The number of fused-ring (bicyclic) bond motifs is 7. The highest BCUT2D eigenvalue weighted by atomic mass is 16.3. The first kappa shape index (κ1) is 19.1. The van der Waals surface area contributed by atoms with Gasteiger partial charge in [-0.25, -0.2) is 0 Å². The van der Waals surface area contributed by atoms with Gasteiger partial charge in [0.1, 0.15) is 22.3 Å². The largest absolute Gasteiger partial charge is 0.455 e. The predicted octanol–water partition coefficient (Wildman–Crippen LogP) is 15.1. The van der Waals surface area contributed by atoms with Gasteiger partial charge in [0, 0.05) is 38.7 Å². The average Bonchev–Trinajstić information content (AvgIpc) is 3.97.